The zero-order chi connectivity index (χ0) is 31.9. The number of carboxylic acid groups (broad SMARTS) is 1. The van der Waals surface area contributed by atoms with E-state index in [0.717, 1.165) is 11.1 Å². The predicted molar refractivity (Wildman–Crippen MR) is 172 cm³/mol. The van der Waals surface area contributed by atoms with Gasteiger partial charge in [0.2, 0.25) is 11.8 Å². The quantitative estimate of drug-likeness (QED) is 0.156. The van der Waals surface area contributed by atoms with Crippen molar-refractivity contribution in [3.63, 3.8) is 0 Å². The summed E-state index contributed by atoms with van der Waals surface area (Å²) in [6, 6.07) is 23.7. The van der Waals surface area contributed by atoms with Crippen LogP contribution in [0.5, 0.6) is 0 Å². The number of carbonyl (C=O) groups excluding carboxylic acids is 4. The van der Waals surface area contributed by atoms with Crippen LogP contribution in [0.4, 0.5) is 0 Å². The summed E-state index contributed by atoms with van der Waals surface area (Å²) in [4.78, 5) is 67.6. The Kier molecular flexibility index (Phi) is 10.3. The van der Waals surface area contributed by atoms with Gasteiger partial charge < -0.3 is 15.3 Å². The van der Waals surface area contributed by atoms with Gasteiger partial charge in [0.15, 0.2) is 0 Å². The van der Waals surface area contributed by atoms with Crippen molar-refractivity contribution in [2.75, 3.05) is 13.1 Å². The molecular formula is C35H37N3O6S. The number of thiol groups is 1. The van der Waals surface area contributed by atoms with Gasteiger partial charge in [-0.05, 0) is 54.9 Å². The van der Waals surface area contributed by atoms with Gasteiger partial charge in [-0.1, -0.05) is 79.2 Å². The van der Waals surface area contributed by atoms with Crippen LogP contribution in [0.2, 0.25) is 0 Å². The summed E-state index contributed by atoms with van der Waals surface area (Å²) in [6.07, 6.45) is 2.45. The molecule has 1 fully saturated rings. The maximum absolute atomic E-state index is 13.9. The van der Waals surface area contributed by atoms with E-state index in [1.54, 1.807) is 24.3 Å². The maximum atomic E-state index is 13.9. The largest absolute Gasteiger partial charge is 0.480 e. The molecular weight excluding hydrogens is 590 g/mol. The Labute approximate surface area is 268 Å². The van der Waals surface area contributed by atoms with Gasteiger partial charge in [-0.2, -0.15) is 12.6 Å². The fraction of sp³-hybridized carbons (Fsp3) is 0.343. The van der Waals surface area contributed by atoms with Gasteiger partial charge >= 0.3 is 5.97 Å². The first-order valence-electron chi connectivity index (χ1n) is 15.3. The molecule has 0 spiro atoms. The molecule has 2 unspecified atom stereocenters. The first-order valence-corrected chi connectivity index (χ1v) is 15.8. The van der Waals surface area contributed by atoms with Gasteiger partial charge in [0, 0.05) is 19.5 Å². The Morgan fingerprint density at radius 1 is 0.867 bits per heavy atom. The highest BCUT2D eigenvalue weighted by Crippen LogP contribution is 2.30. The third-order valence-corrected chi connectivity index (χ3v) is 9.12. The lowest BCUT2D eigenvalue weighted by Crippen LogP contribution is -2.54. The van der Waals surface area contributed by atoms with Crippen LogP contribution in [0.25, 0.3) is 0 Å². The number of carboxylic acids is 1. The third kappa shape index (κ3) is 7.45. The Morgan fingerprint density at radius 3 is 2.09 bits per heavy atom. The number of hydrogen-bond donors (Lipinski definition) is 3. The Balaban J connectivity index is 1.23. The van der Waals surface area contributed by atoms with Crippen molar-refractivity contribution in [1.82, 2.24) is 15.1 Å². The molecule has 234 valence electrons. The molecule has 3 aromatic rings. The first kappa shape index (κ1) is 32.0. The summed E-state index contributed by atoms with van der Waals surface area (Å²) in [5, 5.41) is 12.3. The molecule has 4 atom stereocenters. The van der Waals surface area contributed by atoms with Crippen molar-refractivity contribution in [2.24, 2.45) is 0 Å². The number of benzene rings is 3. The summed E-state index contributed by atoms with van der Waals surface area (Å²) < 4.78 is 0. The molecule has 0 saturated carbocycles. The zero-order valence-corrected chi connectivity index (χ0v) is 25.8. The molecule has 0 bridgehead atoms. The van der Waals surface area contributed by atoms with E-state index in [9.17, 15) is 29.1 Å². The van der Waals surface area contributed by atoms with E-state index in [4.69, 9.17) is 0 Å². The van der Waals surface area contributed by atoms with Crippen LogP contribution in [0.15, 0.2) is 84.9 Å². The zero-order valence-electron chi connectivity index (χ0n) is 24.9. The summed E-state index contributed by atoms with van der Waals surface area (Å²) in [6.45, 7) is 0.484. The van der Waals surface area contributed by atoms with Gasteiger partial charge in [-0.25, -0.2) is 4.79 Å². The molecule has 4 amide bonds. The molecule has 5 rings (SSSR count). The second kappa shape index (κ2) is 14.6. The molecule has 0 aromatic heterocycles. The molecule has 10 heteroatoms. The number of rotatable bonds is 12. The molecule has 9 nitrogen and oxygen atoms in total. The highest BCUT2D eigenvalue weighted by atomic mass is 32.1. The van der Waals surface area contributed by atoms with Crippen LogP contribution in [0, 0.1) is 0 Å². The SMILES string of the molecule is O=C(N[C@H]1CC(c2ccccc2)CCN([C@@H](Cc2ccccc2)C(=O)O)C1=O)C(S)CCCCN1C(=O)c2ccccc2C1=O. The van der Waals surface area contributed by atoms with Crippen molar-refractivity contribution in [3.05, 3.63) is 107 Å². The van der Waals surface area contributed by atoms with Crippen molar-refractivity contribution >= 4 is 42.2 Å². The van der Waals surface area contributed by atoms with Crippen LogP contribution < -0.4 is 5.32 Å². The Bertz CT molecular complexity index is 1510. The standard InChI is InChI=1S/C35H37N3O6S/c39-31(30(45)17-9-10-19-38-32(40)26-15-7-8-16-27(26)33(38)41)36-28-22-25(24-13-5-2-6-14-24)18-20-37(34(28)42)29(35(43)44)21-23-11-3-1-4-12-23/h1-8,11-16,25,28-30,45H,9-10,17-22H2,(H,36,39)(H,43,44)/t25?,28-,29-,30?/m0/s1. The minimum absolute atomic E-state index is 0.0605. The Morgan fingerprint density at radius 2 is 1.47 bits per heavy atom. The van der Waals surface area contributed by atoms with Gasteiger partial charge in [0.05, 0.1) is 16.4 Å². The summed E-state index contributed by atoms with van der Waals surface area (Å²) in [5.41, 5.74) is 2.63. The van der Waals surface area contributed by atoms with Gasteiger partial charge in [0.25, 0.3) is 11.8 Å². The minimum Gasteiger partial charge on any atom is -0.480 e. The van der Waals surface area contributed by atoms with Crippen molar-refractivity contribution in [3.8, 4) is 0 Å². The number of likely N-dealkylation sites (tertiary alicyclic amines) is 1. The molecule has 2 aliphatic rings. The monoisotopic (exact) mass is 627 g/mol. The fourth-order valence-electron chi connectivity index (χ4n) is 6.18. The summed E-state index contributed by atoms with van der Waals surface area (Å²) >= 11 is 4.52. The number of nitrogens with one attached hydrogen (secondary N) is 1. The third-order valence-electron chi connectivity index (χ3n) is 8.63. The topological polar surface area (TPSA) is 124 Å². The average molecular weight is 628 g/mol. The number of carbonyl (C=O) groups is 5. The number of aliphatic carboxylic acids is 1. The summed E-state index contributed by atoms with van der Waals surface area (Å²) in [7, 11) is 0. The number of amides is 4. The summed E-state index contributed by atoms with van der Waals surface area (Å²) in [5.74, 6) is -2.62. The molecule has 45 heavy (non-hydrogen) atoms. The molecule has 0 aliphatic carbocycles. The fourth-order valence-corrected chi connectivity index (χ4v) is 6.44. The lowest BCUT2D eigenvalue weighted by Gasteiger charge is -2.30. The van der Waals surface area contributed by atoms with E-state index in [1.165, 1.54) is 9.80 Å². The lowest BCUT2D eigenvalue weighted by atomic mass is 9.90. The van der Waals surface area contributed by atoms with Gasteiger partial charge in [0.1, 0.15) is 12.1 Å². The minimum atomic E-state index is -1.10. The second-order valence-electron chi connectivity index (χ2n) is 11.6. The number of unbranched alkanes of at least 4 members (excludes halogenated alkanes) is 1. The van der Waals surface area contributed by atoms with Crippen LogP contribution >= 0.6 is 12.6 Å². The van der Waals surface area contributed by atoms with Crippen LogP contribution in [0.3, 0.4) is 0 Å². The first-order chi connectivity index (χ1) is 21.7. The molecule has 2 heterocycles. The van der Waals surface area contributed by atoms with Crippen molar-refractivity contribution in [1.29, 1.82) is 0 Å². The average Bonchev–Trinajstić information content (AvgIpc) is 3.18. The van der Waals surface area contributed by atoms with E-state index >= 15 is 0 Å². The smallest absolute Gasteiger partial charge is 0.326 e. The number of imide groups is 1. The van der Waals surface area contributed by atoms with E-state index in [0.29, 0.717) is 43.2 Å². The van der Waals surface area contributed by atoms with E-state index in [1.807, 2.05) is 60.7 Å². The Hall–Kier alpha value is -4.44. The maximum Gasteiger partial charge on any atom is 0.326 e. The highest BCUT2D eigenvalue weighted by molar-refractivity contribution is 7.81. The molecule has 2 N–H and O–H groups in total. The van der Waals surface area contributed by atoms with E-state index in [-0.39, 0.29) is 37.2 Å². The molecule has 0 radical (unpaired) electrons. The van der Waals surface area contributed by atoms with Gasteiger partial charge in [-0.15, -0.1) is 0 Å². The lowest BCUT2D eigenvalue weighted by molar-refractivity contribution is -0.151. The van der Waals surface area contributed by atoms with Crippen LogP contribution in [-0.2, 0) is 20.8 Å². The number of hydrogen-bond acceptors (Lipinski definition) is 6. The highest BCUT2D eigenvalue weighted by Gasteiger charge is 2.39. The van der Waals surface area contributed by atoms with Crippen molar-refractivity contribution < 1.29 is 29.1 Å². The molecule has 2 aliphatic heterocycles. The van der Waals surface area contributed by atoms with Gasteiger partial charge in [-0.3, -0.25) is 24.1 Å². The number of fused-ring (bicyclic) bond motifs is 1. The normalized spacial score (nSPS) is 19.5. The van der Waals surface area contributed by atoms with Crippen molar-refractivity contribution in [2.45, 2.75) is 61.8 Å². The molecule has 3 aromatic carbocycles. The van der Waals surface area contributed by atoms with Crippen LogP contribution in [-0.4, -0.2) is 74.9 Å². The molecule has 1 saturated heterocycles. The van der Waals surface area contributed by atoms with Crippen LogP contribution in [0.1, 0.15) is 69.9 Å². The number of nitrogens with zero attached hydrogens (tertiary/aromatic N) is 2. The van der Waals surface area contributed by atoms with E-state index in [2.05, 4.69) is 17.9 Å². The predicted octanol–water partition coefficient (Wildman–Crippen LogP) is 4.34. The second-order valence-corrected chi connectivity index (χ2v) is 12.2. The van der Waals surface area contributed by atoms with E-state index < -0.39 is 35.1 Å².